The van der Waals surface area contributed by atoms with E-state index in [9.17, 15) is 12.8 Å². The van der Waals surface area contributed by atoms with Crippen LogP contribution in [0.1, 0.15) is 25.3 Å². The van der Waals surface area contributed by atoms with Gasteiger partial charge in [0.05, 0.1) is 6.10 Å². The molecule has 1 aliphatic rings. The quantitative estimate of drug-likeness (QED) is 0.751. The molecule has 4 nitrogen and oxygen atoms in total. The molecule has 0 N–H and O–H groups in total. The molecule has 1 aromatic rings. The predicted octanol–water partition coefficient (Wildman–Crippen LogP) is 2.75. The third-order valence-electron chi connectivity index (χ3n) is 3.55. The molecule has 1 saturated heterocycles. The van der Waals surface area contributed by atoms with Gasteiger partial charge in [0.2, 0.25) is 10.0 Å². The van der Waals surface area contributed by atoms with E-state index < -0.39 is 15.8 Å². The van der Waals surface area contributed by atoms with Crippen LogP contribution in [-0.2, 0) is 20.6 Å². The first-order valence-electron chi connectivity index (χ1n) is 6.95. The Kier molecular flexibility index (Phi) is 5.60. The van der Waals surface area contributed by atoms with Gasteiger partial charge in [-0.1, -0.05) is 13.0 Å². The van der Waals surface area contributed by atoms with Gasteiger partial charge in [0.25, 0.3) is 0 Å². The van der Waals surface area contributed by atoms with Gasteiger partial charge >= 0.3 is 0 Å². The van der Waals surface area contributed by atoms with Gasteiger partial charge in [0.1, 0.15) is 10.7 Å². The molecule has 0 bridgehead atoms. The van der Waals surface area contributed by atoms with Gasteiger partial charge < -0.3 is 4.74 Å². The second kappa shape index (κ2) is 7.05. The van der Waals surface area contributed by atoms with E-state index in [4.69, 9.17) is 16.3 Å². The molecular weight excluding hydrogens is 317 g/mol. The first kappa shape index (κ1) is 16.7. The molecule has 2 rings (SSSR count). The molecule has 1 fully saturated rings. The van der Waals surface area contributed by atoms with E-state index in [0.29, 0.717) is 12.2 Å². The highest BCUT2D eigenvalue weighted by Crippen LogP contribution is 2.23. The Morgan fingerprint density at radius 3 is 2.81 bits per heavy atom. The Morgan fingerprint density at radius 1 is 1.48 bits per heavy atom. The topological polar surface area (TPSA) is 46.6 Å². The van der Waals surface area contributed by atoms with Crippen molar-refractivity contribution in [2.24, 2.45) is 0 Å². The molecule has 1 unspecified atom stereocenters. The standard InChI is InChI=1S/C14H19ClFNO3S/c1-2-17(10-12-4-3-7-20-12)21(18,19)14-8-11(9-15)5-6-13(14)16/h5-6,8,12H,2-4,7,9-10H2,1H3. The van der Waals surface area contributed by atoms with E-state index in [1.54, 1.807) is 6.92 Å². The maximum absolute atomic E-state index is 13.9. The Morgan fingerprint density at radius 2 is 2.24 bits per heavy atom. The SMILES string of the molecule is CCN(CC1CCCO1)S(=O)(=O)c1cc(CCl)ccc1F. The lowest BCUT2D eigenvalue weighted by molar-refractivity contribution is 0.0946. The maximum atomic E-state index is 13.9. The van der Waals surface area contributed by atoms with Crippen LogP contribution in [0.5, 0.6) is 0 Å². The van der Waals surface area contributed by atoms with E-state index in [1.807, 2.05) is 0 Å². The third kappa shape index (κ3) is 3.74. The fourth-order valence-corrected chi connectivity index (χ4v) is 4.14. The van der Waals surface area contributed by atoms with Gasteiger partial charge in [-0.05, 0) is 30.5 Å². The maximum Gasteiger partial charge on any atom is 0.246 e. The summed E-state index contributed by atoms with van der Waals surface area (Å²) in [5.41, 5.74) is 0.574. The summed E-state index contributed by atoms with van der Waals surface area (Å²) in [6.07, 6.45) is 1.65. The van der Waals surface area contributed by atoms with Crippen LogP contribution in [0.15, 0.2) is 23.1 Å². The summed E-state index contributed by atoms with van der Waals surface area (Å²) in [6.45, 7) is 2.91. The summed E-state index contributed by atoms with van der Waals surface area (Å²) in [5.74, 6) is -0.615. The van der Waals surface area contributed by atoms with Crippen molar-refractivity contribution in [3.63, 3.8) is 0 Å². The summed E-state index contributed by atoms with van der Waals surface area (Å²) >= 11 is 5.70. The first-order valence-corrected chi connectivity index (χ1v) is 8.92. The zero-order chi connectivity index (χ0) is 15.5. The van der Waals surface area contributed by atoms with Crippen molar-refractivity contribution >= 4 is 21.6 Å². The summed E-state index contributed by atoms with van der Waals surface area (Å²) in [6, 6.07) is 3.93. The number of alkyl halides is 1. The van der Waals surface area contributed by atoms with Gasteiger partial charge in [-0.2, -0.15) is 4.31 Å². The van der Waals surface area contributed by atoms with Crippen LogP contribution < -0.4 is 0 Å². The highest BCUT2D eigenvalue weighted by Gasteiger charge is 2.30. The van der Waals surface area contributed by atoms with Crippen LogP contribution in [0.4, 0.5) is 4.39 Å². The van der Waals surface area contributed by atoms with Crippen molar-refractivity contribution in [3.8, 4) is 0 Å². The van der Waals surface area contributed by atoms with Gasteiger partial charge in [-0.3, -0.25) is 0 Å². The molecule has 0 saturated carbocycles. The van der Waals surface area contributed by atoms with Crippen molar-refractivity contribution in [3.05, 3.63) is 29.6 Å². The second-order valence-electron chi connectivity index (χ2n) is 4.99. The Labute approximate surface area is 129 Å². The highest BCUT2D eigenvalue weighted by atomic mass is 35.5. The van der Waals surface area contributed by atoms with Crippen molar-refractivity contribution in [2.45, 2.75) is 36.6 Å². The third-order valence-corrected chi connectivity index (χ3v) is 5.82. The molecule has 0 radical (unpaired) electrons. The van der Waals surface area contributed by atoms with Gasteiger partial charge in [-0.25, -0.2) is 12.8 Å². The summed E-state index contributed by atoms with van der Waals surface area (Å²) in [4.78, 5) is -0.319. The monoisotopic (exact) mass is 335 g/mol. The molecular formula is C14H19ClFNO3S. The van der Waals surface area contributed by atoms with Crippen molar-refractivity contribution in [2.75, 3.05) is 19.7 Å². The lowest BCUT2D eigenvalue weighted by Crippen LogP contribution is -2.37. The van der Waals surface area contributed by atoms with Gasteiger partial charge in [0, 0.05) is 25.6 Å². The Hall–Kier alpha value is -0.690. The molecule has 0 aliphatic carbocycles. The van der Waals surface area contributed by atoms with Crippen LogP contribution in [0, 0.1) is 5.82 Å². The van der Waals surface area contributed by atoms with Crippen LogP contribution in [0.25, 0.3) is 0 Å². The average molecular weight is 336 g/mol. The lowest BCUT2D eigenvalue weighted by Gasteiger charge is -2.23. The summed E-state index contributed by atoms with van der Waals surface area (Å²) in [5, 5.41) is 0. The number of sulfonamides is 1. The minimum Gasteiger partial charge on any atom is -0.377 e. The molecule has 0 aromatic heterocycles. The van der Waals surface area contributed by atoms with Crippen LogP contribution in [-0.4, -0.2) is 38.5 Å². The number of nitrogens with zero attached hydrogens (tertiary/aromatic N) is 1. The minimum absolute atomic E-state index is 0.112. The smallest absolute Gasteiger partial charge is 0.246 e. The number of halogens is 2. The molecule has 1 atom stereocenters. The fraction of sp³-hybridized carbons (Fsp3) is 0.571. The molecule has 21 heavy (non-hydrogen) atoms. The zero-order valence-corrected chi connectivity index (χ0v) is 13.5. The number of ether oxygens (including phenoxy) is 1. The number of rotatable bonds is 6. The average Bonchev–Trinajstić information content (AvgIpc) is 2.98. The number of hydrogen-bond donors (Lipinski definition) is 0. The molecule has 7 heteroatoms. The number of likely N-dealkylation sites (N-methyl/N-ethyl adjacent to an activating group) is 1. The van der Waals surface area contributed by atoms with E-state index in [0.717, 1.165) is 18.9 Å². The second-order valence-corrected chi connectivity index (χ2v) is 7.16. The normalized spacial score (nSPS) is 19.3. The van der Waals surface area contributed by atoms with Gasteiger partial charge in [0.15, 0.2) is 0 Å². The molecule has 0 spiro atoms. The largest absolute Gasteiger partial charge is 0.377 e. The number of benzene rings is 1. The van der Waals surface area contributed by atoms with Gasteiger partial charge in [-0.15, -0.1) is 11.6 Å². The molecule has 0 amide bonds. The summed E-state index contributed by atoms with van der Waals surface area (Å²) in [7, 11) is -3.88. The van der Waals surface area contributed by atoms with Crippen molar-refractivity contribution < 1.29 is 17.5 Å². The fourth-order valence-electron chi connectivity index (χ4n) is 2.38. The van der Waals surface area contributed by atoms with Crippen molar-refractivity contribution in [1.82, 2.24) is 4.31 Å². The van der Waals surface area contributed by atoms with E-state index in [2.05, 4.69) is 0 Å². The number of hydrogen-bond acceptors (Lipinski definition) is 3. The van der Waals surface area contributed by atoms with E-state index in [1.165, 1.54) is 16.4 Å². The Bertz CT molecular complexity index is 588. The Balaban J connectivity index is 2.29. The lowest BCUT2D eigenvalue weighted by atomic mass is 10.2. The van der Waals surface area contributed by atoms with Crippen LogP contribution >= 0.6 is 11.6 Å². The van der Waals surface area contributed by atoms with Crippen LogP contribution in [0.3, 0.4) is 0 Å². The van der Waals surface area contributed by atoms with E-state index in [-0.39, 0.29) is 30.0 Å². The van der Waals surface area contributed by atoms with E-state index >= 15 is 0 Å². The molecule has 118 valence electrons. The molecule has 1 aromatic carbocycles. The first-order chi connectivity index (χ1) is 9.98. The van der Waals surface area contributed by atoms with Crippen LogP contribution in [0.2, 0.25) is 0 Å². The molecule has 1 heterocycles. The highest BCUT2D eigenvalue weighted by molar-refractivity contribution is 7.89. The van der Waals surface area contributed by atoms with Crippen molar-refractivity contribution in [1.29, 1.82) is 0 Å². The zero-order valence-electron chi connectivity index (χ0n) is 11.9. The minimum atomic E-state index is -3.88. The summed E-state index contributed by atoms with van der Waals surface area (Å²) < 4.78 is 45.9. The molecule has 1 aliphatic heterocycles. The predicted molar refractivity (Wildman–Crippen MR) is 79.4 cm³/mol.